The Labute approximate surface area is 199 Å². The number of hydrogen-bond donors (Lipinski definition) is 1. The van der Waals surface area contributed by atoms with Gasteiger partial charge >= 0.3 is 0 Å². The van der Waals surface area contributed by atoms with Crippen LogP contribution in [0.4, 0.5) is 5.69 Å². The zero-order valence-electron chi connectivity index (χ0n) is 18.9. The number of nitrogens with zero attached hydrogens (tertiary/aromatic N) is 3. The van der Waals surface area contributed by atoms with E-state index in [9.17, 15) is 4.79 Å². The lowest BCUT2D eigenvalue weighted by Gasteiger charge is -2.32. The van der Waals surface area contributed by atoms with Crippen LogP contribution >= 0.6 is 23.1 Å². The number of benzene rings is 1. The molecule has 33 heavy (non-hydrogen) atoms. The predicted molar refractivity (Wildman–Crippen MR) is 132 cm³/mol. The van der Waals surface area contributed by atoms with Gasteiger partial charge in [-0.1, -0.05) is 23.9 Å². The van der Waals surface area contributed by atoms with Crippen molar-refractivity contribution in [1.82, 2.24) is 15.0 Å². The Hall–Kier alpha value is -2.75. The first-order valence-corrected chi connectivity index (χ1v) is 12.4. The maximum Gasteiger partial charge on any atom is 0.234 e. The Balaban J connectivity index is 1.46. The third-order valence-corrected chi connectivity index (χ3v) is 7.92. The molecule has 0 radical (unpaired) electrons. The molecule has 1 amide bonds. The summed E-state index contributed by atoms with van der Waals surface area (Å²) in [5, 5.41) is 4.79. The van der Waals surface area contributed by atoms with Crippen LogP contribution in [0.5, 0.6) is 5.75 Å². The molecule has 0 bridgehead atoms. The SMILES string of the molecule is COc1ccccc1NC(=O)CSc1ncnc2c1sc1nc(C)c3c(c12)CC(C)(C)OC3. The predicted octanol–water partition coefficient (Wildman–Crippen LogP) is 5.14. The summed E-state index contributed by atoms with van der Waals surface area (Å²) in [5.74, 6) is 0.731. The highest BCUT2D eigenvalue weighted by Gasteiger charge is 2.31. The number of nitrogens with one attached hydrogen (secondary N) is 1. The number of thiophene rings is 1. The van der Waals surface area contributed by atoms with E-state index in [0.717, 1.165) is 43.1 Å². The summed E-state index contributed by atoms with van der Waals surface area (Å²) in [6.07, 6.45) is 2.38. The number of pyridine rings is 1. The van der Waals surface area contributed by atoms with E-state index in [-0.39, 0.29) is 17.3 Å². The molecule has 4 heterocycles. The number of para-hydroxylation sites is 2. The van der Waals surface area contributed by atoms with E-state index in [2.05, 4.69) is 29.1 Å². The van der Waals surface area contributed by atoms with Crippen LogP contribution in [0.25, 0.3) is 20.4 Å². The first kappa shape index (κ1) is 22.1. The van der Waals surface area contributed by atoms with Gasteiger partial charge in [-0.15, -0.1) is 11.3 Å². The van der Waals surface area contributed by atoms with Crippen molar-refractivity contribution in [2.45, 2.75) is 44.4 Å². The molecule has 0 spiro atoms. The summed E-state index contributed by atoms with van der Waals surface area (Å²) in [5.41, 5.74) is 4.74. The fourth-order valence-corrected chi connectivity index (χ4v) is 6.20. The molecule has 0 aliphatic carbocycles. The lowest BCUT2D eigenvalue weighted by atomic mass is 9.89. The molecular weight excluding hydrogens is 456 g/mol. The largest absolute Gasteiger partial charge is 0.495 e. The zero-order chi connectivity index (χ0) is 23.2. The van der Waals surface area contributed by atoms with Crippen molar-refractivity contribution in [1.29, 1.82) is 0 Å². The molecule has 1 aromatic carbocycles. The summed E-state index contributed by atoms with van der Waals surface area (Å²) < 4.78 is 12.3. The minimum Gasteiger partial charge on any atom is -0.495 e. The molecular formula is C24H24N4O3S2. The van der Waals surface area contributed by atoms with E-state index < -0.39 is 0 Å². The number of amides is 1. The lowest BCUT2D eigenvalue weighted by molar-refractivity contribution is -0.113. The Kier molecular flexibility index (Phi) is 5.72. The molecule has 0 unspecified atom stereocenters. The van der Waals surface area contributed by atoms with E-state index >= 15 is 0 Å². The average Bonchev–Trinajstić information content (AvgIpc) is 3.16. The molecule has 3 aromatic heterocycles. The van der Waals surface area contributed by atoms with Gasteiger partial charge in [0.25, 0.3) is 0 Å². The van der Waals surface area contributed by atoms with Gasteiger partial charge in [-0.2, -0.15) is 0 Å². The van der Waals surface area contributed by atoms with Gasteiger partial charge in [0, 0.05) is 23.1 Å². The van der Waals surface area contributed by atoms with Crippen molar-refractivity contribution in [3.8, 4) is 5.75 Å². The number of thioether (sulfide) groups is 1. The van der Waals surface area contributed by atoms with Gasteiger partial charge in [0.2, 0.25) is 5.91 Å². The quantitative estimate of drug-likeness (QED) is 0.313. The van der Waals surface area contributed by atoms with Crippen LogP contribution in [-0.2, 0) is 22.6 Å². The summed E-state index contributed by atoms with van der Waals surface area (Å²) >= 11 is 2.99. The molecule has 7 nitrogen and oxygen atoms in total. The molecule has 1 aliphatic rings. The number of fused-ring (bicyclic) bond motifs is 5. The summed E-state index contributed by atoms with van der Waals surface area (Å²) in [7, 11) is 1.58. The third-order valence-electron chi connectivity index (χ3n) is 5.72. The van der Waals surface area contributed by atoms with Crippen molar-refractivity contribution in [2.75, 3.05) is 18.2 Å². The van der Waals surface area contributed by atoms with Crippen molar-refractivity contribution in [3.05, 3.63) is 47.4 Å². The highest BCUT2D eigenvalue weighted by Crippen LogP contribution is 2.42. The number of hydrogen-bond acceptors (Lipinski definition) is 8. The minimum atomic E-state index is -0.233. The van der Waals surface area contributed by atoms with Gasteiger partial charge in [-0.05, 0) is 38.5 Å². The maximum atomic E-state index is 12.6. The number of carbonyl (C=O) groups is 1. The highest BCUT2D eigenvalue weighted by molar-refractivity contribution is 8.00. The molecule has 5 rings (SSSR count). The van der Waals surface area contributed by atoms with Crippen LogP contribution in [-0.4, -0.2) is 39.3 Å². The van der Waals surface area contributed by atoms with E-state index in [4.69, 9.17) is 14.5 Å². The second kappa shape index (κ2) is 8.55. The standard InChI is InChI=1S/C24H24N4O3S2/c1-13-15-10-31-24(2,3)9-14(15)19-20-21(33-22(19)27-13)23(26-12-25-20)32-11-18(29)28-16-7-5-6-8-17(16)30-4/h5-8,12H,9-11H2,1-4H3,(H,28,29). The van der Waals surface area contributed by atoms with Crippen LogP contribution < -0.4 is 10.1 Å². The van der Waals surface area contributed by atoms with E-state index in [1.165, 1.54) is 17.3 Å². The van der Waals surface area contributed by atoms with Crippen LogP contribution in [0, 0.1) is 6.92 Å². The van der Waals surface area contributed by atoms with Crippen molar-refractivity contribution in [2.24, 2.45) is 0 Å². The molecule has 0 saturated heterocycles. The zero-order valence-corrected chi connectivity index (χ0v) is 20.5. The van der Waals surface area contributed by atoms with Gasteiger partial charge in [0.1, 0.15) is 21.9 Å². The molecule has 1 N–H and O–H groups in total. The van der Waals surface area contributed by atoms with E-state index in [1.807, 2.05) is 31.2 Å². The number of rotatable bonds is 5. The first-order chi connectivity index (χ1) is 15.9. The smallest absolute Gasteiger partial charge is 0.234 e. The lowest BCUT2D eigenvalue weighted by Crippen LogP contribution is -2.32. The second-order valence-corrected chi connectivity index (χ2v) is 10.5. The molecule has 0 fully saturated rings. The van der Waals surface area contributed by atoms with Crippen molar-refractivity contribution >= 4 is 55.1 Å². The maximum absolute atomic E-state index is 12.6. The van der Waals surface area contributed by atoms with Gasteiger partial charge in [-0.3, -0.25) is 4.79 Å². The number of carbonyl (C=O) groups excluding carboxylic acids is 1. The number of ether oxygens (including phenoxy) is 2. The van der Waals surface area contributed by atoms with Gasteiger partial charge < -0.3 is 14.8 Å². The van der Waals surface area contributed by atoms with E-state index in [0.29, 0.717) is 18.0 Å². The molecule has 0 atom stereocenters. The monoisotopic (exact) mass is 480 g/mol. The second-order valence-electron chi connectivity index (χ2n) is 8.56. The Bertz CT molecular complexity index is 1380. The highest BCUT2D eigenvalue weighted by atomic mass is 32.2. The number of aryl methyl sites for hydroxylation is 1. The van der Waals surface area contributed by atoms with Crippen LogP contribution in [0.15, 0.2) is 35.6 Å². The minimum absolute atomic E-state index is 0.123. The molecule has 170 valence electrons. The first-order valence-electron chi connectivity index (χ1n) is 10.6. The Morgan fingerprint density at radius 3 is 2.91 bits per heavy atom. The van der Waals surface area contributed by atoms with Crippen LogP contribution in [0.2, 0.25) is 0 Å². The number of aromatic nitrogens is 3. The topological polar surface area (TPSA) is 86.2 Å². The van der Waals surface area contributed by atoms with Gasteiger partial charge in [-0.25, -0.2) is 15.0 Å². The number of methoxy groups -OCH3 is 1. The fourth-order valence-electron chi connectivity index (χ4n) is 4.12. The molecule has 0 saturated carbocycles. The number of anilines is 1. The van der Waals surface area contributed by atoms with Crippen molar-refractivity contribution < 1.29 is 14.3 Å². The van der Waals surface area contributed by atoms with Gasteiger partial charge in [0.15, 0.2) is 0 Å². The summed E-state index contributed by atoms with van der Waals surface area (Å²) in [4.78, 5) is 27.5. The fraction of sp³-hybridized carbons (Fsp3) is 0.333. The normalized spacial score (nSPS) is 14.9. The van der Waals surface area contributed by atoms with Gasteiger partial charge in [0.05, 0.1) is 41.0 Å². The van der Waals surface area contributed by atoms with E-state index in [1.54, 1.807) is 24.8 Å². The molecule has 9 heteroatoms. The summed E-state index contributed by atoms with van der Waals surface area (Å²) in [6.45, 7) is 6.82. The third kappa shape index (κ3) is 4.16. The Morgan fingerprint density at radius 1 is 1.27 bits per heavy atom. The Morgan fingerprint density at radius 2 is 2.09 bits per heavy atom. The molecule has 4 aromatic rings. The molecule has 1 aliphatic heterocycles. The van der Waals surface area contributed by atoms with Crippen LogP contribution in [0.1, 0.15) is 30.7 Å². The van der Waals surface area contributed by atoms with Crippen LogP contribution in [0.3, 0.4) is 0 Å². The van der Waals surface area contributed by atoms with Crippen molar-refractivity contribution in [3.63, 3.8) is 0 Å². The summed E-state index contributed by atoms with van der Waals surface area (Å²) in [6, 6.07) is 7.36. The average molecular weight is 481 g/mol.